The van der Waals surface area contributed by atoms with Crippen LogP contribution in [-0.4, -0.2) is 14.7 Å². The minimum Gasteiger partial charge on any atom is -0.234 e. The number of rotatable bonds is 1. The molecule has 1 aliphatic heterocycles. The number of sulfonamides is 1. The highest BCUT2D eigenvalue weighted by Crippen LogP contribution is 2.49. The van der Waals surface area contributed by atoms with Gasteiger partial charge in [0, 0.05) is 0 Å². The first-order valence-corrected chi connectivity index (χ1v) is 5.05. The molecule has 0 radical (unpaired) electrons. The summed E-state index contributed by atoms with van der Waals surface area (Å²) in [6.07, 6.45) is 1.20. The van der Waals surface area contributed by atoms with Crippen molar-refractivity contribution in [3.63, 3.8) is 0 Å². The van der Waals surface area contributed by atoms with E-state index in [4.69, 9.17) is 0 Å². The molecular weight excluding hydrogens is 162 g/mol. The van der Waals surface area contributed by atoms with E-state index in [1.807, 2.05) is 12.1 Å². The summed E-state index contributed by atoms with van der Waals surface area (Å²) in [5, 5.41) is 0. The summed E-state index contributed by atoms with van der Waals surface area (Å²) in [5.74, 6) is 0. The molecule has 0 fully saturated rings. The molecule has 0 N–H and O–H groups in total. The number of benzene rings is 1. The van der Waals surface area contributed by atoms with Gasteiger partial charge in [0.05, 0.1) is 17.6 Å². The number of hydrogen-bond acceptors (Lipinski definition) is 2. The number of fused-ring (bicyclic) bond motifs is 1. The monoisotopic (exact) mass is 169 g/mol. The van der Waals surface area contributed by atoms with Crippen molar-refractivity contribution in [3.05, 3.63) is 24.3 Å². The summed E-state index contributed by atoms with van der Waals surface area (Å²) >= 11 is 0. The lowest BCUT2D eigenvalue weighted by molar-refractivity contribution is 0.604. The number of anilines is 2. The zero-order valence-electron chi connectivity index (χ0n) is 5.98. The molecule has 1 aromatic carbocycles. The van der Waals surface area contributed by atoms with Gasteiger partial charge >= 0.3 is 0 Å². The Kier molecular flexibility index (Phi) is 1.07. The van der Waals surface area contributed by atoms with E-state index >= 15 is 0 Å². The Morgan fingerprint density at radius 3 is 2.00 bits per heavy atom. The van der Waals surface area contributed by atoms with E-state index in [0.717, 1.165) is 11.4 Å². The Bertz CT molecular complexity index is 374. The molecule has 0 bridgehead atoms. The Morgan fingerprint density at radius 1 is 1.18 bits per heavy atom. The van der Waals surface area contributed by atoms with Crippen molar-refractivity contribution in [3.8, 4) is 0 Å². The van der Waals surface area contributed by atoms with E-state index in [9.17, 15) is 8.42 Å². The SMILES string of the molecule is CS(=O)(=O)N1c2ccccc21. The van der Waals surface area contributed by atoms with Crippen LogP contribution in [0.1, 0.15) is 0 Å². The number of para-hydroxylation sites is 2. The topological polar surface area (TPSA) is 37.1 Å². The summed E-state index contributed by atoms with van der Waals surface area (Å²) in [5.41, 5.74) is 1.60. The molecule has 0 saturated carbocycles. The lowest BCUT2D eigenvalue weighted by Gasteiger charge is -1.95. The third-order valence-corrected chi connectivity index (χ3v) is 2.66. The molecule has 2 rings (SSSR count). The average molecular weight is 169 g/mol. The fourth-order valence-corrected chi connectivity index (χ4v) is 2.11. The summed E-state index contributed by atoms with van der Waals surface area (Å²) in [6, 6.07) is 7.22. The van der Waals surface area contributed by atoms with Crippen molar-refractivity contribution in [2.24, 2.45) is 0 Å². The maximum atomic E-state index is 11.0. The van der Waals surface area contributed by atoms with Crippen molar-refractivity contribution in [1.29, 1.82) is 0 Å². The first kappa shape index (κ1) is 6.67. The van der Waals surface area contributed by atoms with Gasteiger partial charge in [0.25, 0.3) is 0 Å². The van der Waals surface area contributed by atoms with Crippen LogP contribution in [0.25, 0.3) is 0 Å². The molecule has 0 amide bonds. The highest BCUT2D eigenvalue weighted by molar-refractivity contribution is 7.93. The first-order chi connectivity index (χ1) is 5.11. The smallest absolute Gasteiger partial charge is 0.234 e. The number of hydrogen-bond donors (Lipinski definition) is 0. The van der Waals surface area contributed by atoms with Crippen LogP contribution in [0.3, 0.4) is 0 Å². The highest BCUT2D eigenvalue weighted by atomic mass is 32.2. The van der Waals surface area contributed by atoms with E-state index < -0.39 is 10.0 Å². The predicted molar refractivity (Wildman–Crippen MR) is 43.4 cm³/mol. The van der Waals surface area contributed by atoms with Gasteiger partial charge in [-0.2, -0.15) is 0 Å². The molecule has 1 heterocycles. The lowest BCUT2D eigenvalue weighted by atomic mass is 10.4. The molecule has 11 heavy (non-hydrogen) atoms. The fraction of sp³-hybridized carbons (Fsp3) is 0.143. The Hall–Kier alpha value is -1.03. The third kappa shape index (κ3) is 0.903. The summed E-state index contributed by atoms with van der Waals surface area (Å²) in [6.45, 7) is 0. The van der Waals surface area contributed by atoms with E-state index in [2.05, 4.69) is 0 Å². The molecule has 3 nitrogen and oxygen atoms in total. The molecule has 1 aliphatic rings. The predicted octanol–water partition coefficient (Wildman–Crippen LogP) is 1.10. The summed E-state index contributed by atoms with van der Waals surface area (Å²) in [4.78, 5) is 0. The van der Waals surface area contributed by atoms with Crippen LogP contribution in [0.2, 0.25) is 0 Å². The quantitative estimate of drug-likeness (QED) is 0.590. The third-order valence-electron chi connectivity index (χ3n) is 1.60. The molecule has 0 atom stereocenters. The molecular formula is C7H7NO2S. The molecule has 0 aliphatic carbocycles. The molecule has 0 saturated heterocycles. The normalized spacial score (nSPS) is 14.5. The standard InChI is InChI=1S/C7H7NO2S/c1-11(9,10)8-6-4-2-3-5-7(6)8/h2-5H,1H3. The van der Waals surface area contributed by atoms with E-state index in [1.165, 1.54) is 10.6 Å². The van der Waals surface area contributed by atoms with Gasteiger partial charge in [0.2, 0.25) is 10.0 Å². The van der Waals surface area contributed by atoms with Gasteiger partial charge in [-0.25, -0.2) is 12.7 Å². The molecule has 0 aromatic heterocycles. The van der Waals surface area contributed by atoms with Gasteiger partial charge in [0.15, 0.2) is 0 Å². The zero-order chi connectivity index (χ0) is 8.06. The van der Waals surface area contributed by atoms with E-state index in [1.54, 1.807) is 12.1 Å². The second kappa shape index (κ2) is 1.76. The van der Waals surface area contributed by atoms with Crippen LogP contribution in [0.5, 0.6) is 0 Å². The van der Waals surface area contributed by atoms with Crippen molar-refractivity contribution < 1.29 is 8.42 Å². The molecule has 0 spiro atoms. The van der Waals surface area contributed by atoms with Gasteiger partial charge in [-0.3, -0.25) is 0 Å². The van der Waals surface area contributed by atoms with Gasteiger partial charge < -0.3 is 0 Å². The second-order valence-corrected chi connectivity index (χ2v) is 4.35. The molecule has 0 unspecified atom stereocenters. The van der Waals surface area contributed by atoms with E-state index in [-0.39, 0.29) is 0 Å². The minimum absolute atomic E-state index is 0.801. The van der Waals surface area contributed by atoms with Crippen molar-refractivity contribution in [2.45, 2.75) is 0 Å². The van der Waals surface area contributed by atoms with Crippen molar-refractivity contribution in [2.75, 3.05) is 10.6 Å². The maximum Gasteiger partial charge on any atom is 0.236 e. The first-order valence-electron chi connectivity index (χ1n) is 3.20. The highest BCUT2D eigenvalue weighted by Gasteiger charge is 2.35. The lowest BCUT2D eigenvalue weighted by Crippen LogP contribution is -2.10. The van der Waals surface area contributed by atoms with Crippen LogP contribution in [-0.2, 0) is 10.0 Å². The number of nitrogens with zero attached hydrogens (tertiary/aromatic N) is 1. The van der Waals surface area contributed by atoms with Gasteiger partial charge in [-0.1, -0.05) is 12.1 Å². The molecule has 4 heteroatoms. The van der Waals surface area contributed by atoms with Crippen molar-refractivity contribution in [1.82, 2.24) is 0 Å². The Balaban J connectivity index is 2.47. The van der Waals surface area contributed by atoms with Crippen LogP contribution in [0.15, 0.2) is 24.3 Å². The van der Waals surface area contributed by atoms with Crippen LogP contribution < -0.4 is 4.31 Å². The van der Waals surface area contributed by atoms with Crippen molar-refractivity contribution >= 4 is 21.4 Å². The van der Waals surface area contributed by atoms with Crippen LogP contribution in [0, 0.1) is 0 Å². The molecule has 1 aromatic rings. The largest absolute Gasteiger partial charge is 0.236 e. The van der Waals surface area contributed by atoms with Gasteiger partial charge in [0.1, 0.15) is 0 Å². The van der Waals surface area contributed by atoms with Crippen LogP contribution >= 0.6 is 0 Å². The second-order valence-electron chi connectivity index (χ2n) is 2.52. The van der Waals surface area contributed by atoms with Crippen LogP contribution in [0.4, 0.5) is 11.4 Å². The maximum absolute atomic E-state index is 11.0. The zero-order valence-corrected chi connectivity index (χ0v) is 6.80. The van der Waals surface area contributed by atoms with E-state index in [0.29, 0.717) is 0 Å². The summed E-state index contributed by atoms with van der Waals surface area (Å²) < 4.78 is 23.3. The Labute approximate surface area is 65.3 Å². The average Bonchev–Trinajstić information content (AvgIpc) is 2.58. The fourth-order valence-electron chi connectivity index (χ4n) is 1.13. The van der Waals surface area contributed by atoms with Gasteiger partial charge in [-0.05, 0) is 12.1 Å². The molecule has 58 valence electrons. The Morgan fingerprint density at radius 2 is 1.64 bits per heavy atom. The minimum atomic E-state index is -3.06. The van der Waals surface area contributed by atoms with Gasteiger partial charge in [-0.15, -0.1) is 0 Å². The summed E-state index contributed by atoms with van der Waals surface area (Å²) in [7, 11) is -3.06.